The summed E-state index contributed by atoms with van der Waals surface area (Å²) in [6.45, 7) is 6.81. The van der Waals surface area contributed by atoms with Crippen LogP contribution in [0.2, 0.25) is 5.02 Å². The van der Waals surface area contributed by atoms with Crippen LogP contribution in [0.4, 0.5) is 8.78 Å². The second-order valence-electron chi connectivity index (χ2n) is 7.88. The molecule has 0 N–H and O–H groups in total. The summed E-state index contributed by atoms with van der Waals surface area (Å²) in [6.07, 6.45) is -2.62. The van der Waals surface area contributed by atoms with Crippen LogP contribution in [0.25, 0.3) is 11.0 Å². The van der Waals surface area contributed by atoms with Gasteiger partial charge in [0.2, 0.25) is 5.91 Å². The van der Waals surface area contributed by atoms with Gasteiger partial charge >= 0.3 is 0 Å². The number of rotatable bonds is 5. The van der Waals surface area contributed by atoms with Gasteiger partial charge in [-0.15, -0.1) is 0 Å². The van der Waals surface area contributed by atoms with Crippen LogP contribution in [0, 0.1) is 13.8 Å². The number of alkyl halides is 2. The van der Waals surface area contributed by atoms with Crippen LogP contribution in [0.15, 0.2) is 30.3 Å². The van der Waals surface area contributed by atoms with E-state index in [1.165, 1.54) is 10.7 Å². The first kappa shape index (κ1) is 21.6. The Morgan fingerprint density at radius 3 is 2.58 bits per heavy atom. The van der Waals surface area contributed by atoms with Crippen LogP contribution in [0.1, 0.15) is 28.9 Å². The van der Waals surface area contributed by atoms with E-state index in [0.717, 1.165) is 25.2 Å². The zero-order valence-corrected chi connectivity index (χ0v) is 18.2. The lowest BCUT2D eigenvalue weighted by Crippen LogP contribution is -2.49. The monoisotopic (exact) mass is 447 g/mol. The highest BCUT2D eigenvalue weighted by atomic mass is 35.5. The Balaban J connectivity index is 1.43. The highest BCUT2D eigenvalue weighted by molar-refractivity contribution is 6.30. The van der Waals surface area contributed by atoms with E-state index in [0.29, 0.717) is 40.5 Å². The van der Waals surface area contributed by atoms with Gasteiger partial charge in [-0.05, 0) is 37.6 Å². The summed E-state index contributed by atoms with van der Waals surface area (Å²) in [5, 5.41) is 5.39. The average Bonchev–Trinajstić information content (AvgIpc) is 3.03. The van der Waals surface area contributed by atoms with Gasteiger partial charge in [0, 0.05) is 49.0 Å². The standard InChI is InChI=1S/C22H24ClF2N5O/c1-14-10-18(21(24)25)20-15(2)27-30(22(20)26-14)13-19(31)29-8-6-28(7-9-29)12-16-4-3-5-17(23)11-16/h3-5,10-11,21H,6-9,12-13H2,1-2H3. The van der Waals surface area contributed by atoms with E-state index in [9.17, 15) is 13.6 Å². The smallest absolute Gasteiger partial charge is 0.264 e. The summed E-state index contributed by atoms with van der Waals surface area (Å²) in [5.74, 6) is -0.0892. The largest absolute Gasteiger partial charge is 0.339 e. The Bertz CT molecular complexity index is 1110. The molecule has 0 spiro atoms. The molecule has 0 atom stereocenters. The number of aromatic nitrogens is 3. The van der Waals surface area contributed by atoms with E-state index in [1.807, 2.05) is 24.3 Å². The van der Waals surface area contributed by atoms with Crippen molar-refractivity contribution in [3.8, 4) is 0 Å². The molecule has 1 aliphatic heterocycles. The van der Waals surface area contributed by atoms with E-state index in [4.69, 9.17) is 11.6 Å². The molecule has 0 unspecified atom stereocenters. The van der Waals surface area contributed by atoms with Gasteiger partial charge in [-0.3, -0.25) is 9.69 Å². The molecular weight excluding hydrogens is 424 g/mol. The van der Waals surface area contributed by atoms with Crippen molar-refractivity contribution in [2.75, 3.05) is 26.2 Å². The highest BCUT2D eigenvalue weighted by Gasteiger charge is 2.24. The maximum Gasteiger partial charge on any atom is 0.264 e. The number of aryl methyl sites for hydroxylation is 2. The number of hydrogen-bond acceptors (Lipinski definition) is 4. The third-order valence-electron chi connectivity index (χ3n) is 5.58. The first-order valence-corrected chi connectivity index (χ1v) is 10.6. The molecule has 1 saturated heterocycles. The van der Waals surface area contributed by atoms with Gasteiger partial charge in [-0.1, -0.05) is 23.7 Å². The Hall–Kier alpha value is -2.58. The summed E-state index contributed by atoms with van der Waals surface area (Å²) in [5.41, 5.74) is 2.32. The molecule has 3 aromatic rings. The molecule has 1 aliphatic rings. The average molecular weight is 448 g/mol. The predicted octanol–water partition coefficient (Wildman–Crippen LogP) is 3.98. The maximum absolute atomic E-state index is 13.5. The molecule has 2 aromatic heterocycles. The molecule has 6 nitrogen and oxygen atoms in total. The number of benzene rings is 1. The molecule has 9 heteroatoms. The van der Waals surface area contributed by atoms with Crippen LogP contribution < -0.4 is 0 Å². The molecule has 4 rings (SSSR count). The molecule has 1 fully saturated rings. The van der Waals surface area contributed by atoms with Crippen LogP contribution >= 0.6 is 11.6 Å². The van der Waals surface area contributed by atoms with Crippen molar-refractivity contribution >= 4 is 28.5 Å². The predicted molar refractivity (Wildman–Crippen MR) is 115 cm³/mol. The second kappa shape index (κ2) is 8.88. The van der Waals surface area contributed by atoms with Gasteiger partial charge in [0.25, 0.3) is 6.43 Å². The molecule has 31 heavy (non-hydrogen) atoms. The van der Waals surface area contributed by atoms with Crippen molar-refractivity contribution in [1.29, 1.82) is 0 Å². The van der Waals surface area contributed by atoms with Crippen molar-refractivity contribution in [2.45, 2.75) is 33.4 Å². The Labute approximate surface area is 184 Å². The van der Waals surface area contributed by atoms with Gasteiger partial charge < -0.3 is 4.90 Å². The molecule has 164 valence electrons. The summed E-state index contributed by atoms with van der Waals surface area (Å²) in [7, 11) is 0. The molecular formula is C22H24ClF2N5O. The summed E-state index contributed by atoms with van der Waals surface area (Å²) in [4.78, 5) is 21.3. The number of carbonyl (C=O) groups is 1. The Kier molecular flexibility index (Phi) is 6.20. The summed E-state index contributed by atoms with van der Waals surface area (Å²) < 4.78 is 28.4. The first-order chi connectivity index (χ1) is 14.8. The van der Waals surface area contributed by atoms with E-state index in [-0.39, 0.29) is 18.0 Å². The van der Waals surface area contributed by atoms with E-state index >= 15 is 0 Å². The van der Waals surface area contributed by atoms with Crippen LogP contribution in [-0.2, 0) is 17.9 Å². The first-order valence-electron chi connectivity index (χ1n) is 10.2. The normalized spacial score (nSPS) is 15.2. The minimum atomic E-state index is -2.62. The second-order valence-corrected chi connectivity index (χ2v) is 8.32. The molecule has 1 aromatic carbocycles. The molecule has 0 radical (unpaired) electrons. The van der Waals surface area contributed by atoms with Crippen LogP contribution in [0.3, 0.4) is 0 Å². The molecule has 1 amide bonds. The lowest BCUT2D eigenvalue weighted by Gasteiger charge is -2.34. The lowest BCUT2D eigenvalue weighted by atomic mass is 10.1. The van der Waals surface area contributed by atoms with Crippen molar-refractivity contribution in [3.63, 3.8) is 0 Å². The fourth-order valence-corrected chi connectivity index (χ4v) is 4.29. The van der Waals surface area contributed by atoms with E-state index < -0.39 is 6.43 Å². The van der Waals surface area contributed by atoms with Crippen LogP contribution in [-0.4, -0.2) is 56.7 Å². The van der Waals surface area contributed by atoms with Gasteiger partial charge in [0.1, 0.15) is 6.54 Å². The third-order valence-corrected chi connectivity index (χ3v) is 5.81. The van der Waals surface area contributed by atoms with Crippen molar-refractivity contribution in [2.24, 2.45) is 0 Å². The zero-order chi connectivity index (χ0) is 22.1. The molecule has 0 aliphatic carbocycles. The van der Waals surface area contributed by atoms with Crippen LogP contribution in [0.5, 0.6) is 0 Å². The lowest BCUT2D eigenvalue weighted by molar-refractivity contribution is -0.133. The number of hydrogen-bond donors (Lipinski definition) is 0. The zero-order valence-electron chi connectivity index (χ0n) is 17.5. The highest BCUT2D eigenvalue weighted by Crippen LogP contribution is 2.30. The molecule has 0 saturated carbocycles. The van der Waals surface area contributed by atoms with Gasteiger partial charge in [-0.2, -0.15) is 5.10 Å². The van der Waals surface area contributed by atoms with E-state index in [1.54, 1.807) is 18.7 Å². The number of piperazine rings is 1. The Morgan fingerprint density at radius 1 is 1.16 bits per heavy atom. The van der Waals surface area contributed by atoms with E-state index in [2.05, 4.69) is 15.0 Å². The summed E-state index contributed by atoms with van der Waals surface area (Å²) >= 11 is 6.06. The fourth-order valence-electron chi connectivity index (χ4n) is 4.08. The number of fused-ring (bicyclic) bond motifs is 1. The Morgan fingerprint density at radius 2 is 1.90 bits per heavy atom. The molecule has 0 bridgehead atoms. The van der Waals surface area contributed by atoms with Gasteiger partial charge in [-0.25, -0.2) is 18.4 Å². The SMILES string of the molecule is Cc1cc(C(F)F)c2c(C)nn(CC(=O)N3CCN(Cc4cccc(Cl)c4)CC3)c2n1. The van der Waals surface area contributed by atoms with Gasteiger partial charge in [0.05, 0.1) is 11.1 Å². The quantitative estimate of drug-likeness (QED) is 0.593. The maximum atomic E-state index is 13.5. The molecule has 3 heterocycles. The number of pyridine rings is 1. The number of halogens is 3. The van der Waals surface area contributed by atoms with Crippen molar-refractivity contribution < 1.29 is 13.6 Å². The number of amides is 1. The topological polar surface area (TPSA) is 54.3 Å². The minimum Gasteiger partial charge on any atom is -0.339 e. The number of nitrogens with zero attached hydrogens (tertiary/aromatic N) is 5. The number of carbonyl (C=O) groups excluding carboxylic acids is 1. The van der Waals surface area contributed by atoms with Crippen molar-refractivity contribution in [3.05, 3.63) is 57.9 Å². The van der Waals surface area contributed by atoms with Crippen molar-refractivity contribution in [1.82, 2.24) is 24.6 Å². The van der Waals surface area contributed by atoms with Gasteiger partial charge in [0.15, 0.2) is 5.65 Å². The third kappa shape index (κ3) is 4.70. The fraction of sp³-hybridized carbons (Fsp3) is 0.409. The summed E-state index contributed by atoms with van der Waals surface area (Å²) in [6, 6.07) is 9.16. The minimum absolute atomic E-state index is 0.0161.